The Morgan fingerprint density at radius 3 is 2.39 bits per heavy atom. The molecule has 1 aliphatic rings. The van der Waals surface area contributed by atoms with Gasteiger partial charge in [-0.25, -0.2) is 13.4 Å². The first kappa shape index (κ1) is 16.7. The molecule has 2 aromatic rings. The van der Waals surface area contributed by atoms with Crippen molar-refractivity contribution in [2.24, 2.45) is 0 Å². The zero-order valence-corrected chi connectivity index (χ0v) is 14.9. The van der Waals surface area contributed by atoms with Gasteiger partial charge in [-0.3, -0.25) is 0 Å². The second-order valence-corrected chi connectivity index (χ2v) is 8.48. The third kappa shape index (κ3) is 3.68. The van der Waals surface area contributed by atoms with Crippen LogP contribution in [0.5, 0.6) is 0 Å². The molecule has 0 spiro atoms. The van der Waals surface area contributed by atoms with E-state index in [9.17, 15) is 8.42 Å². The maximum Gasteiger partial charge on any atom is 0.243 e. The summed E-state index contributed by atoms with van der Waals surface area (Å²) in [5, 5.41) is 2.88. The van der Waals surface area contributed by atoms with Gasteiger partial charge in [0.25, 0.3) is 0 Å². The molecule has 0 atom stereocenters. The topological polar surface area (TPSA) is 53.5 Å². The average molecular weight is 372 g/mol. The minimum absolute atomic E-state index is 0.346. The highest BCUT2D eigenvalue weighted by Gasteiger charge is 2.29. The predicted octanol–water partition coefficient (Wildman–Crippen LogP) is 2.44. The lowest BCUT2D eigenvalue weighted by atomic mass is 10.2. The quantitative estimate of drug-likeness (QED) is 0.757. The third-order valence-electron chi connectivity index (χ3n) is 3.87. The number of aryl methyl sites for hydroxylation is 1. The summed E-state index contributed by atoms with van der Waals surface area (Å²) in [5.41, 5.74) is 1.05. The zero-order chi connectivity index (χ0) is 16.3. The van der Waals surface area contributed by atoms with Gasteiger partial charge in [-0.15, -0.1) is 22.9 Å². The molecule has 3 rings (SSSR count). The average Bonchev–Trinajstić information content (AvgIpc) is 3.10. The normalized spacial score (nSPS) is 16.7. The van der Waals surface area contributed by atoms with Crippen molar-refractivity contribution in [2.75, 3.05) is 37.0 Å². The molecule has 1 aromatic heterocycles. The minimum Gasteiger partial charge on any atom is -0.345 e. The fourth-order valence-corrected chi connectivity index (χ4v) is 4.92. The summed E-state index contributed by atoms with van der Waals surface area (Å²) >= 11 is 7.28. The summed E-state index contributed by atoms with van der Waals surface area (Å²) in [7, 11) is -3.43. The molecule has 1 aromatic carbocycles. The molecule has 1 saturated heterocycles. The molecule has 0 amide bonds. The van der Waals surface area contributed by atoms with E-state index in [4.69, 9.17) is 11.6 Å². The highest BCUT2D eigenvalue weighted by atomic mass is 35.5. The van der Waals surface area contributed by atoms with E-state index in [0.29, 0.717) is 37.0 Å². The molecule has 1 fully saturated rings. The Hall–Kier alpha value is -1.15. The summed E-state index contributed by atoms with van der Waals surface area (Å²) in [6, 6.07) is 7.01. The highest BCUT2D eigenvalue weighted by molar-refractivity contribution is 7.89. The number of halogens is 1. The van der Waals surface area contributed by atoms with E-state index in [1.54, 1.807) is 34.0 Å². The van der Waals surface area contributed by atoms with Crippen LogP contribution in [0.4, 0.5) is 5.13 Å². The Balaban J connectivity index is 1.68. The van der Waals surface area contributed by atoms with Crippen LogP contribution in [-0.2, 0) is 16.4 Å². The van der Waals surface area contributed by atoms with E-state index >= 15 is 0 Å². The standard InChI is InChI=1S/C15H18ClN3O2S2/c16-6-5-13-1-3-14(4-2-13)23(20,21)19-10-8-18(9-11-19)15-17-7-12-22-15/h1-4,7,12H,5-6,8-11H2. The fraction of sp³-hybridized carbons (Fsp3) is 0.400. The van der Waals surface area contributed by atoms with Crippen LogP contribution in [0.3, 0.4) is 0 Å². The number of sulfonamides is 1. The Labute approximate surface area is 145 Å². The molecular weight excluding hydrogens is 354 g/mol. The Bertz CT molecular complexity index is 725. The van der Waals surface area contributed by atoms with Crippen molar-refractivity contribution in [3.8, 4) is 0 Å². The monoisotopic (exact) mass is 371 g/mol. The van der Waals surface area contributed by atoms with E-state index in [0.717, 1.165) is 17.1 Å². The van der Waals surface area contributed by atoms with Gasteiger partial charge in [0.05, 0.1) is 4.90 Å². The van der Waals surface area contributed by atoms with Crippen molar-refractivity contribution in [1.82, 2.24) is 9.29 Å². The molecule has 124 valence electrons. The van der Waals surface area contributed by atoms with Crippen LogP contribution >= 0.6 is 22.9 Å². The van der Waals surface area contributed by atoms with Gasteiger partial charge < -0.3 is 4.90 Å². The summed E-state index contributed by atoms with van der Waals surface area (Å²) in [6.45, 7) is 2.28. The molecule has 0 aliphatic carbocycles. The van der Waals surface area contributed by atoms with Gasteiger partial charge >= 0.3 is 0 Å². The largest absolute Gasteiger partial charge is 0.345 e. The van der Waals surface area contributed by atoms with Crippen molar-refractivity contribution < 1.29 is 8.42 Å². The Morgan fingerprint density at radius 1 is 1.13 bits per heavy atom. The van der Waals surface area contributed by atoms with Crippen LogP contribution in [0.15, 0.2) is 40.7 Å². The van der Waals surface area contributed by atoms with Crippen LogP contribution in [-0.4, -0.2) is 49.8 Å². The van der Waals surface area contributed by atoms with Crippen molar-refractivity contribution in [3.63, 3.8) is 0 Å². The maximum absolute atomic E-state index is 12.7. The highest BCUT2D eigenvalue weighted by Crippen LogP contribution is 2.22. The van der Waals surface area contributed by atoms with E-state index in [2.05, 4.69) is 9.88 Å². The van der Waals surface area contributed by atoms with Gasteiger partial charge in [-0.05, 0) is 24.1 Å². The molecular formula is C15H18ClN3O2S2. The number of alkyl halides is 1. The van der Waals surface area contributed by atoms with Gasteiger partial charge in [-0.1, -0.05) is 12.1 Å². The molecule has 0 radical (unpaired) electrons. The number of piperazine rings is 1. The summed E-state index contributed by atoms with van der Waals surface area (Å²) in [4.78, 5) is 6.75. The summed E-state index contributed by atoms with van der Waals surface area (Å²) < 4.78 is 27.0. The number of benzene rings is 1. The van der Waals surface area contributed by atoms with Gasteiger partial charge in [0.1, 0.15) is 0 Å². The van der Waals surface area contributed by atoms with Gasteiger partial charge in [0.2, 0.25) is 10.0 Å². The molecule has 0 N–H and O–H groups in total. The second kappa shape index (κ2) is 7.17. The first-order valence-corrected chi connectivity index (χ1v) is 10.3. The minimum atomic E-state index is -3.43. The van der Waals surface area contributed by atoms with Crippen molar-refractivity contribution in [3.05, 3.63) is 41.4 Å². The molecule has 1 aliphatic heterocycles. The van der Waals surface area contributed by atoms with Crippen molar-refractivity contribution in [1.29, 1.82) is 0 Å². The van der Waals surface area contributed by atoms with E-state index in [-0.39, 0.29) is 0 Å². The number of hydrogen-bond acceptors (Lipinski definition) is 5. The SMILES string of the molecule is O=S(=O)(c1ccc(CCCl)cc1)N1CCN(c2nccs2)CC1. The van der Waals surface area contributed by atoms with Crippen LogP contribution in [0, 0.1) is 0 Å². The molecule has 23 heavy (non-hydrogen) atoms. The molecule has 8 heteroatoms. The first-order chi connectivity index (χ1) is 11.1. The van der Waals surface area contributed by atoms with Gasteiger partial charge in [0.15, 0.2) is 5.13 Å². The van der Waals surface area contributed by atoms with Crippen LogP contribution < -0.4 is 4.90 Å². The lowest BCUT2D eigenvalue weighted by Crippen LogP contribution is -2.48. The predicted molar refractivity (Wildman–Crippen MR) is 94.0 cm³/mol. The Kier molecular flexibility index (Phi) is 5.21. The summed E-state index contributed by atoms with van der Waals surface area (Å²) in [5.74, 6) is 0.533. The van der Waals surface area contributed by atoms with E-state index in [1.165, 1.54) is 0 Å². The molecule has 5 nitrogen and oxygen atoms in total. The number of anilines is 1. The maximum atomic E-state index is 12.7. The lowest BCUT2D eigenvalue weighted by Gasteiger charge is -2.33. The van der Waals surface area contributed by atoms with Crippen LogP contribution in [0.25, 0.3) is 0 Å². The van der Waals surface area contributed by atoms with Crippen LogP contribution in [0.1, 0.15) is 5.56 Å². The molecule has 0 bridgehead atoms. The second-order valence-electron chi connectivity index (χ2n) is 5.29. The Morgan fingerprint density at radius 2 is 1.83 bits per heavy atom. The first-order valence-electron chi connectivity index (χ1n) is 7.41. The number of nitrogens with zero attached hydrogens (tertiary/aromatic N) is 3. The number of aromatic nitrogens is 1. The van der Waals surface area contributed by atoms with Crippen molar-refractivity contribution in [2.45, 2.75) is 11.3 Å². The zero-order valence-electron chi connectivity index (χ0n) is 12.6. The van der Waals surface area contributed by atoms with Gasteiger partial charge in [-0.2, -0.15) is 4.31 Å². The van der Waals surface area contributed by atoms with E-state index < -0.39 is 10.0 Å². The number of hydrogen-bond donors (Lipinski definition) is 0. The van der Waals surface area contributed by atoms with Crippen molar-refractivity contribution >= 4 is 38.1 Å². The molecule has 0 unspecified atom stereocenters. The number of thiazole rings is 1. The smallest absolute Gasteiger partial charge is 0.243 e. The van der Waals surface area contributed by atoms with E-state index in [1.807, 2.05) is 17.5 Å². The fourth-order valence-electron chi connectivity index (χ4n) is 2.58. The lowest BCUT2D eigenvalue weighted by molar-refractivity contribution is 0.384. The molecule has 2 heterocycles. The van der Waals surface area contributed by atoms with Gasteiger partial charge in [0, 0.05) is 43.6 Å². The third-order valence-corrected chi connectivity index (χ3v) is 6.81. The molecule has 0 saturated carbocycles. The van der Waals surface area contributed by atoms with Crippen LogP contribution in [0.2, 0.25) is 0 Å². The number of rotatable bonds is 5. The summed E-state index contributed by atoms with van der Waals surface area (Å²) in [6.07, 6.45) is 2.51.